The maximum Gasteiger partial charge on any atom is 0.251 e. The van der Waals surface area contributed by atoms with Crippen LogP contribution in [-0.2, 0) is 4.74 Å². The molecule has 22 heavy (non-hydrogen) atoms. The SMILES string of the molecule is CCN(CC)CCNC(=O)c1ccnc(OC2CCOC2)c1. The first-order valence-electron chi connectivity index (χ1n) is 7.94. The molecule has 1 aromatic rings. The molecule has 0 saturated carbocycles. The number of nitrogens with zero attached hydrogens (tertiary/aromatic N) is 2. The molecule has 0 aliphatic carbocycles. The highest BCUT2D eigenvalue weighted by molar-refractivity contribution is 5.94. The van der Waals surface area contributed by atoms with Crippen molar-refractivity contribution in [2.45, 2.75) is 26.4 Å². The first-order valence-corrected chi connectivity index (χ1v) is 7.94. The molecule has 6 heteroatoms. The summed E-state index contributed by atoms with van der Waals surface area (Å²) in [4.78, 5) is 18.6. The number of amides is 1. The first-order chi connectivity index (χ1) is 10.7. The van der Waals surface area contributed by atoms with Crippen molar-refractivity contribution in [1.82, 2.24) is 15.2 Å². The minimum atomic E-state index is -0.0953. The van der Waals surface area contributed by atoms with E-state index in [0.717, 1.165) is 32.7 Å². The zero-order valence-electron chi connectivity index (χ0n) is 13.4. The van der Waals surface area contributed by atoms with E-state index in [4.69, 9.17) is 9.47 Å². The zero-order chi connectivity index (χ0) is 15.8. The third-order valence-electron chi connectivity index (χ3n) is 3.78. The van der Waals surface area contributed by atoms with Gasteiger partial charge in [0.1, 0.15) is 6.10 Å². The van der Waals surface area contributed by atoms with Crippen molar-refractivity contribution in [3.8, 4) is 5.88 Å². The van der Waals surface area contributed by atoms with Gasteiger partial charge in [0, 0.05) is 37.3 Å². The smallest absolute Gasteiger partial charge is 0.251 e. The number of carbonyl (C=O) groups excluding carboxylic acids is 1. The van der Waals surface area contributed by atoms with Gasteiger partial charge in [0.2, 0.25) is 5.88 Å². The summed E-state index contributed by atoms with van der Waals surface area (Å²) >= 11 is 0. The van der Waals surface area contributed by atoms with E-state index in [0.29, 0.717) is 24.6 Å². The summed E-state index contributed by atoms with van der Waals surface area (Å²) in [5, 5.41) is 2.93. The number of rotatable bonds is 8. The van der Waals surface area contributed by atoms with Gasteiger partial charge in [-0.3, -0.25) is 4.79 Å². The topological polar surface area (TPSA) is 63.7 Å². The van der Waals surface area contributed by atoms with Crippen molar-refractivity contribution in [3.05, 3.63) is 23.9 Å². The number of pyridine rings is 1. The quantitative estimate of drug-likeness (QED) is 0.785. The molecule has 1 unspecified atom stereocenters. The predicted molar refractivity (Wildman–Crippen MR) is 84.2 cm³/mol. The van der Waals surface area contributed by atoms with Crippen LogP contribution in [0.5, 0.6) is 5.88 Å². The normalized spacial score (nSPS) is 17.7. The fraction of sp³-hybridized carbons (Fsp3) is 0.625. The Labute approximate surface area is 131 Å². The molecule has 1 aliphatic heterocycles. The van der Waals surface area contributed by atoms with Gasteiger partial charge in [-0.1, -0.05) is 13.8 Å². The summed E-state index contributed by atoms with van der Waals surface area (Å²) in [6, 6.07) is 3.38. The molecule has 1 amide bonds. The maximum atomic E-state index is 12.2. The molecule has 6 nitrogen and oxygen atoms in total. The lowest BCUT2D eigenvalue weighted by molar-refractivity contribution is 0.0947. The summed E-state index contributed by atoms with van der Waals surface area (Å²) in [6.45, 7) is 9.00. The van der Waals surface area contributed by atoms with Crippen LogP contribution in [0.3, 0.4) is 0 Å². The number of hydrogen-bond acceptors (Lipinski definition) is 5. The number of likely N-dealkylation sites (N-methyl/N-ethyl adjacent to an activating group) is 1. The molecular weight excluding hydrogens is 282 g/mol. The molecule has 1 N–H and O–H groups in total. The zero-order valence-corrected chi connectivity index (χ0v) is 13.4. The lowest BCUT2D eigenvalue weighted by Crippen LogP contribution is -2.34. The van der Waals surface area contributed by atoms with Crippen LogP contribution < -0.4 is 10.1 Å². The van der Waals surface area contributed by atoms with Crippen LogP contribution >= 0.6 is 0 Å². The van der Waals surface area contributed by atoms with Gasteiger partial charge in [0.25, 0.3) is 5.91 Å². The third kappa shape index (κ3) is 4.96. The van der Waals surface area contributed by atoms with Crippen LogP contribution in [-0.4, -0.2) is 61.3 Å². The van der Waals surface area contributed by atoms with Gasteiger partial charge in [-0.15, -0.1) is 0 Å². The Morgan fingerprint density at radius 1 is 1.50 bits per heavy atom. The third-order valence-corrected chi connectivity index (χ3v) is 3.78. The molecule has 0 spiro atoms. The minimum absolute atomic E-state index is 0.0356. The van der Waals surface area contributed by atoms with Crippen LogP contribution in [0, 0.1) is 0 Å². The average Bonchev–Trinajstić information content (AvgIpc) is 3.04. The van der Waals surface area contributed by atoms with Crippen molar-refractivity contribution >= 4 is 5.91 Å². The maximum absolute atomic E-state index is 12.2. The lowest BCUT2D eigenvalue weighted by atomic mass is 10.2. The molecule has 0 aromatic carbocycles. The molecule has 122 valence electrons. The van der Waals surface area contributed by atoms with Gasteiger partial charge in [-0.2, -0.15) is 0 Å². The van der Waals surface area contributed by atoms with E-state index < -0.39 is 0 Å². The van der Waals surface area contributed by atoms with Crippen LogP contribution in [0.25, 0.3) is 0 Å². The summed E-state index contributed by atoms with van der Waals surface area (Å²) in [5.41, 5.74) is 0.573. The Morgan fingerprint density at radius 2 is 2.32 bits per heavy atom. The van der Waals surface area contributed by atoms with Crippen molar-refractivity contribution in [3.63, 3.8) is 0 Å². The molecule has 0 bridgehead atoms. The van der Waals surface area contributed by atoms with Gasteiger partial charge < -0.3 is 19.7 Å². The second kappa shape index (κ2) is 8.70. The number of nitrogens with one attached hydrogen (secondary N) is 1. The Morgan fingerprint density at radius 3 is 3.00 bits per heavy atom. The molecule has 1 atom stereocenters. The number of carbonyl (C=O) groups is 1. The van der Waals surface area contributed by atoms with E-state index in [1.165, 1.54) is 0 Å². The number of ether oxygens (including phenoxy) is 2. The van der Waals surface area contributed by atoms with Gasteiger partial charge in [0.15, 0.2) is 0 Å². The Kier molecular flexibility index (Phi) is 6.61. The second-order valence-corrected chi connectivity index (χ2v) is 5.27. The molecular formula is C16H25N3O3. The van der Waals surface area contributed by atoms with Crippen LogP contribution in [0.15, 0.2) is 18.3 Å². The fourth-order valence-corrected chi connectivity index (χ4v) is 2.36. The molecule has 1 aliphatic rings. The highest BCUT2D eigenvalue weighted by atomic mass is 16.5. The monoisotopic (exact) mass is 307 g/mol. The first kappa shape index (κ1) is 16.7. The van der Waals surface area contributed by atoms with Gasteiger partial charge >= 0.3 is 0 Å². The fourth-order valence-electron chi connectivity index (χ4n) is 2.36. The molecule has 1 aromatic heterocycles. The largest absolute Gasteiger partial charge is 0.472 e. The molecule has 1 fully saturated rings. The van der Waals surface area contributed by atoms with E-state index in [1.807, 2.05) is 0 Å². The molecule has 0 radical (unpaired) electrons. The number of aromatic nitrogens is 1. The number of hydrogen-bond donors (Lipinski definition) is 1. The van der Waals surface area contributed by atoms with Crippen LogP contribution in [0.2, 0.25) is 0 Å². The second-order valence-electron chi connectivity index (χ2n) is 5.27. The highest BCUT2D eigenvalue weighted by Crippen LogP contribution is 2.15. The Bertz CT molecular complexity index is 471. The van der Waals surface area contributed by atoms with Crippen molar-refractivity contribution < 1.29 is 14.3 Å². The van der Waals surface area contributed by atoms with Gasteiger partial charge in [-0.05, 0) is 19.2 Å². The summed E-state index contributed by atoms with van der Waals surface area (Å²) < 4.78 is 11.0. The van der Waals surface area contributed by atoms with Crippen molar-refractivity contribution in [2.24, 2.45) is 0 Å². The Hall–Kier alpha value is -1.66. The standard InChI is InChI=1S/C16H25N3O3/c1-3-19(4-2)9-8-18-16(20)13-5-7-17-15(11-13)22-14-6-10-21-12-14/h5,7,11,14H,3-4,6,8-10,12H2,1-2H3,(H,18,20). The minimum Gasteiger partial charge on any atom is -0.472 e. The lowest BCUT2D eigenvalue weighted by Gasteiger charge is -2.18. The van der Waals surface area contributed by atoms with E-state index >= 15 is 0 Å². The predicted octanol–water partition coefficient (Wildman–Crippen LogP) is 1.32. The summed E-state index contributed by atoms with van der Waals surface area (Å²) in [6.07, 6.45) is 2.50. The molecule has 2 rings (SSSR count). The van der Waals surface area contributed by atoms with Crippen molar-refractivity contribution in [1.29, 1.82) is 0 Å². The Balaban J connectivity index is 1.84. The summed E-state index contributed by atoms with van der Waals surface area (Å²) in [7, 11) is 0. The van der Waals surface area contributed by atoms with E-state index in [9.17, 15) is 4.79 Å². The average molecular weight is 307 g/mol. The van der Waals surface area contributed by atoms with Gasteiger partial charge in [0.05, 0.1) is 13.2 Å². The van der Waals surface area contributed by atoms with E-state index in [1.54, 1.807) is 18.3 Å². The van der Waals surface area contributed by atoms with Gasteiger partial charge in [-0.25, -0.2) is 4.98 Å². The van der Waals surface area contributed by atoms with E-state index in [2.05, 4.69) is 29.0 Å². The van der Waals surface area contributed by atoms with Crippen LogP contribution in [0.1, 0.15) is 30.6 Å². The van der Waals surface area contributed by atoms with Crippen LogP contribution in [0.4, 0.5) is 0 Å². The van der Waals surface area contributed by atoms with E-state index in [-0.39, 0.29) is 12.0 Å². The summed E-state index contributed by atoms with van der Waals surface area (Å²) in [5.74, 6) is 0.383. The molecule has 2 heterocycles. The van der Waals surface area contributed by atoms with Crippen molar-refractivity contribution in [2.75, 3.05) is 39.4 Å². The highest BCUT2D eigenvalue weighted by Gasteiger charge is 2.18. The molecule has 1 saturated heterocycles.